The molecule has 3 nitrogen and oxygen atoms in total. The van der Waals surface area contributed by atoms with E-state index in [9.17, 15) is 0 Å². The van der Waals surface area contributed by atoms with Crippen LogP contribution in [-0.4, -0.2) is 32.7 Å². The van der Waals surface area contributed by atoms with Gasteiger partial charge in [0.1, 0.15) is 0 Å². The van der Waals surface area contributed by atoms with Gasteiger partial charge in [0.05, 0.1) is 14.2 Å². The van der Waals surface area contributed by atoms with Crippen LogP contribution in [0.25, 0.3) is 16.8 Å². The summed E-state index contributed by atoms with van der Waals surface area (Å²) >= 11 is 0. The lowest BCUT2D eigenvalue weighted by molar-refractivity contribution is 0.355. The number of likely N-dealkylation sites (N-methyl/N-ethyl adjacent to an activating group) is 1. The highest BCUT2D eigenvalue weighted by Gasteiger charge is 2.04. The first-order chi connectivity index (χ1) is 12.7. The van der Waals surface area contributed by atoms with Gasteiger partial charge in [-0.25, -0.2) is 0 Å². The molecule has 0 radical (unpaired) electrons. The topological polar surface area (TPSA) is 21.7 Å². The molecular weight excluding hydrogens is 322 g/mol. The fraction of sp³-hybridized carbons (Fsp3) is 0.217. The van der Waals surface area contributed by atoms with Crippen molar-refractivity contribution in [2.75, 3.05) is 27.8 Å². The molecule has 3 heteroatoms. The van der Waals surface area contributed by atoms with Crippen LogP contribution in [0, 0.1) is 0 Å². The Kier molecular flexibility index (Phi) is 5.92. The molecule has 3 rings (SSSR count). The minimum Gasteiger partial charge on any atom is -0.493 e. The van der Waals surface area contributed by atoms with Gasteiger partial charge in [-0.1, -0.05) is 60.7 Å². The molecule has 134 valence electrons. The van der Waals surface area contributed by atoms with Crippen molar-refractivity contribution in [2.45, 2.75) is 6.54 Å². The molecule has 0 spiro atoms. The first-order valence-corrected chi connectivity index (χ1v) is 8.75. The molecule has 0 aliphatic carbocycles. The summed E-state index contributed by atoms with van der Waals surface area (Å²) in [4.78, 5) is 2.30. The molecule has 0 saturated heterocycles. The summed E-state index contributed by atoms with van der Waals surface area (Å²) in [6, 6.07) is 21.0. The van der Waals surface area contributed by atoms with Crippen LogP contribution in [-0.2, 0) is 6.54 Å². The van der Waals surface area contributed by atoms with Crippen LogP contribution in [0.2, 0.25) is 0 Å². The predicted octanol–water partition coefficient (Wildman–Crippen LogP) is 5.00. The smallest absolute Gasteiger partial charge is 0.161 e. The van der Waals surface area contributed by atoms with E-state index in [0.717, 1.165) is 30.2 Å². The van der Waals surface area contributed by atoms with Crippen LogP contribution in [0.4, 0.5) is 0 Å². The fourth-order valence-electron chi connectivity index (χ4n) is 3.11. The third kappa shape index (κ3) is 4.24. The van der Waals surface area contributed by atoms with Crippen molar-refractivity contribution in [3.63, 3.8) is 0 Å². The molecule has 0 atom stereocenters. The quantitative estimate of drug-likeness (QED) is 0.600. The van der Waals surface area contributed by atoms with Gasteiger partial charge in [0.15, 0.2) is 11.5 Å². The van der Waals surface area contributed by atoms with Crippen LogP contribution in [0.5, 0.6) is 11.5 Å². The zero-order valence-electron chi connectivity index (χ0n) is 15.6. The predicted molar refractivity (Wildman–Crippen MR) is 109 cm³/mol. The number of nitrogens with zero attached hydrogens (tertiary/aromatic N) is 1. The van der Waals surface area contributed by atoms with Crippen molar-refractivity contribution in [3.05, 3.63) is 77.9 Å². The molecule has 3 aromatic rings. The lowest BCUT2D eigenvalue weighted by Gasteiger charge is -2.16. The third-order valence-electron chi connectivity index (χ3n) is 4.46. The fourth-order valence-corrected chi connectivity index (χ4v) is 3.11. The van der Waals surface area contributed by atoms with Gasteiger partial charge in [-0.15, -0.1) is 0 Å². The van der Waals surface area contributed by atoms with E-state index in [-0.39, 0.29) is 0 Å². The number of hydrogen-bond donors (Lipinski definition) is 0. The summed E-state index contributed by atoms with van der Waals surface area (Å²) in [5.74, 6) is 1.50. The maximum absolute atomic E-state index is 5.35. The minimum atomic E-state index is 0.748. The Balaban J connectivity index is 1.65. The third-order valence-corrected chi connectivity index (χ3v) is 4.46. The van der Waals surface area contributed by atoms with E-state index in [1.807, 2.05) is 18.2 Å². The lowest BCUT2D eigenvalue weighted by Crippen LogP contribution is -2.17. The van der Waals surface area contributed by atoms with Crippen LogP contribution in [0.3, 0.4) is 0 Å². The van der Waals surface area contributed by atoms with Gasteiger partial charge in [-0.05, 0) is 41.1 Å². The number of fused-ring (bicyclic) bond motifs is 1. The Morgan fingerprint density at radius 1 is 0.885 bits per heavy atom. The highest BCUT2D eigenvalue weighted by Crippen LogP contribution is 2.28. The second-order valence-corrected chi connectivity index (χ2v) is 6.35. The van der Waals surface area contributed by atoms with E-state index in [1.54, 1.807) is 14.2 Å². The zero-order valence-corrected chi connectivity index (χ0v) is 15.6. The van der Waals surface area contributed by atoms with Gasteiger partial charge in [0.25, 0.3) is 0 Å². The van der Waals surface area contributed by atoms with Crippen molar-refractivity contribution in [1.82, 2.24) is 4.90 Å². The molecule has 0 bridgehead atoms. The zero-order chi connectivity index (χ0) is 18.4. The van der Waals surface area contributed by atoms with E-state index in [1.165, 1.54) is 16.3 Å². The normalized spacial score (nSPS) is 11.4. The maximum atomic E-state index is 5.35. The second kappa shape index (κ2) is 8.54. The molecule has 0 unspecified atom stereocenters. The molecule has 3 aromatic carbocycles. The van der Waals surface area contributed by atoms with E-state index < -0.39 is 0 Å². The van der Waals surface area contributed by atoms with Gasteiger partial charge in [0, 0.05) is 13.1 Å². The Labute approximate surface area is 155 Å². The number of methoxy groups -OCH3 is 2. The molecule has 0 aromatic heterocycles. The second-order valence-electron chi connectivity index (χ2n) is 6.35. The molecule has 0 amide bonds. The van der Waals surface area contributed by atoms with Crippen LogP contribution >= 0.6 is 0 Å². The summed E-state index contributed by atoms with van der Waals surface area (Å²) in [5, 5.41) is 2.62. The van der Waals surface area contributed by atoms with Crippen molar-refractivity contribution in [1.29, 1.82) is 0 Å². The minimum absolute atomic E-state index is 0.748. The standard InChI is InChI=1S/C23H25NO2/c1-24(17-20-11-6-10-19-9-4-5-12-21(19)20)15-7-8-18-13-14-22(25-2)23(16-18)26-3/h4-14,16H,15,17H2,1-3H3/b8-7+. The summed E-state index contributed by atoms with van der Waals surface area (Å²) in [6.07, 6.45) is 4.29. The highest BCUT2D eigenvalue weighted by molar-refractivity contribution is 5.85. The SMILES string of the molecule is COc1ccc(/C=C/CN(C)Cc2cccc3ccccc23)cc1OC. The summed E-state index contributed by atoms with van der Waals surface area (Å²) < 4.78 is 10.6. The molecule has 0 heterocycles. The van der Waals surface area contributed by atoms with E-state index in [0.29, 0.717) is 0 Å². The summed E-state index contributed by atoms with van der Waals surface area (Å²) in [7, 11) is 5.44. The molecule has 0 N–H and O–H groups in total. The number of hydrogen-bond acceptors (Lipinski definition) is 3. The van der Waals surface area contributed by atoms with Gasteiger partial charge < -0.3 is 9.47 Å². The highest BCUT2D eigenvalue weighted by atomic mass is 16.5. The van der Waals surface area contributed by atoms with Crippen LogP contribution in [0.1, 0.15) is 11.1 Å². The molecular formula is C23H25NO2. The molecule has 0 aliphatic heterocycles. The van der Waals surface area contributed by atoms with Gasteiger partial charge in [-0.3, -0.25) is 4.90 Å². The van der Waals surface area contributed by atoms with Gasteiger partial charge >= 0.3 is 0 Å². The van der Waals surface area contributed by atoms with E-state index in [4.69, 9.17) is 9.47 Å². The van der Waals surface area contributed by atoms with Crippen molar-refractivity contribution >= 4 is 16.8 Å². The Morgan fingerprint density at radius 3 is 2.46 bits per heavy atom. The molecule has 0 fully saturated rings. The lowest BCUT2D eigenvalue weighted by atomic mass is 10.0. The number of ether oxygens (including phenoxy) is 2. The van der Waals surface area contributed by atoms with Crippen molar-refractivity contribution < 1.29 is 9.47 Å². The Morgan fingerprint density at radius 2 is 1.65 bits per heavy atom. The van der Waals surface area contributed by atoms with E-state index in [2.05, 4.69) is 66.6 Å². The van der Waals surface area contributed by atoms with E-state index >= 15 is 0 Å². The number of benzene rings is 3. The molecule has 0 aliphatic rings. The average molecular weight is 347 g/mol. The van der Waals surface area contributed by atoms with Gasteiger partial charge in [-0.2, -0.15) is 0 Å². The largest absolute Gasteiger partial charge is 0.493 e. The number of rotatable bonds is 7. The van der Waals surface area contributed by atoms with Crippen molar-refractivity contribution in [3.8, 4) is 11.5 Å². The molecule has 0 saturated carbocycles. The first-order valence-electron chi connectivity index (χ1n) is 8.75. The maximum Gasteiger partial charge on any atom is 0.161 e. The van der Waals surface area contributed by atoms with Crippen LogP contribution < -0.4 is 9.47 Å². The Bertz CT molecular complexity index is 896. The van der Waals surface area contributed by atoms with Crippen molar-refractivity contribution in [2.24, 2.45) is 0 Å². The Hall–Kier alpha value is -2.78. The van der Waals surface area contributed by atoms with Gasteiger partial charge in [0.2, 0.25) is 0 Å². The average Bonchev–Trinajstić information content (AvgIpc) is 2.68. The molecule has 26 heavy (non-hydrogen) atoms. The first kappa shape index (κ1) is 18.0. The van der Waals surface area contributed by atoms with Crippen LogP contribution in [0.15, 0.2) is 66.7 Å². The summed E-state index contributed by atoms with van der Waals surface area (Å²) in [6.45, 7) is 1.79. The summed E-state index contributed by atoms with van der Waals surface area (Å²) in [5.41, 5.74) is 2.45. The monoisotopic (exact) mass is 347 g/mol.